The minimum Gasteiger partial charge on any atom is -0.465 e. The second kappa shape index (κ2) is 9.43. The van der Waals surface area contributed by atoms with E-state index in [4.69, 9.17) is 9.47 Å². The van der Waals surface area contributed by atoms with Crippen LogP contribution in [0.15, 0.2) is 78.1 Å². The molecule has 3 rings (SSSR count). The number of aryl methyl sites for hydroxylation is 1. The van der Waals surface area contributed by atoms with Gasteiger partial charge >= 0.3 is 11.9 Å². The van der Waals surface area contributed by atoms with Crippen LogP contribution in [0.4, 0.5) is 0 Å². The molecule has 0 aliphatic carbocycles. The normalized spacial score (nSPS) is 20.8. The average molecular weight is 434 g/mol. The molecule has 2 aromatic carbocycles. The van der Waals surface area contributed by atoms with Crippen molar-refractivity contribution in [3.8, 4) is 0 Å². The minimum absolute atomic E-state index is 0.211. The molecule has 0 saturated heterocycles. The average Bonchev–Trinajstić information content (AvgIpc) is 2.79. The van der Waals surface area contributed by atoms with Crippen molar-refractivity contribution in [1.29, 1.82) is 0 Å². The van der Waals surface area contributed by atoms with Gasteiger partial charge in [-0.1, -0.05) is 66.7 Å². The number of hydrogen-bond donors (Lipinski definition) is 0. The third-order valence-electron chi connectivity index (χ3n) is 6.21. The summed E-state index contributed by atoms with van der Waals surface area (Å²) in [5.74, 6) is -1.55. The van der Waals surface area contributed by atoms with Crippen LogP contribution in [0.2, 0.25) is 0 Å². The molecule has 32 heavy (non-hydrogen) atoms. The highest BCUT2D eigenvalue weighted by atomic mass is 16.5. The first-order chi connectivity index (χ1) is 15.3. The number of carbonyl (C=O) groups excluding carboxylic acids is 2. The number of benzene rings is 2. The SMILES string of the molecule is C=C1N(C)C(C)=C(C(=O)OCC)[C@@H](c2ccccc2)[C@]1(C(=O)OCC)c1ccc(C)cc1. The molecule has 0 fully saturated rings. The highest BCUT2D eigenvalue weighted by molar-refractivity contribution is 5.98. The summed E-state index contributed by atoms with van der Waals surface area (Å²) in [6, 6.07) is 17.3. The Labute approximate surface area is 190 Å². The van der Waals surface area contributed by atoms with E-state index >= 15 is 0 Å². The lowest BCUT2D eigenvalue weighted by atomic mass is 9.60. The molecule has 0 aromatic heterocycles. The van der Waals surface area contributed by atoms with Gasteiger partial charge < -0.3 is 14.4 Å². The maximum atomic E-state index is 13.9. The summed E-state index contributed by atoms with van der Waals surface area (Å²) in [5, 5.41) is 0. The Morgan fingerprint density at radius 3 is 2.12 bits per heavy atom. The van der Waals surface area contributed by atoms with Crippen molar-refractivity contribution in [2.45, 2.75) is 39.0 Å². The van der Waals surface area contributed by atoms with Crippen LogP contribution in [0, 0.1) is 6.92 Å². The zero-order valence-corrected chi connectivity index (χ0v) is 19.5. The Balaban J connectivity index is 2.45. The van der Waals surface area contributed by atoms with E-state index in [1.807, 2.05) is 80.4 Å². The summed E-state index contributed by atoms with van der Waals surface area (Å²) in [5.41, 5.74) is 2.96. The van der Waals surface area contributed by atoms with Crippen molar-refractivity contribution < 1.29 is 19.1 Å². The highest BCUT2D eigenvalue weighted by Crippen LogP contribution is 2.54. The molecule has 168 valence electrons. The second-order valence-corrected chi connectivity index (χ2v) is 7.96. The zero-order chi connectivity index (χ0) is 23.5. The van der Waals surface area contributed by atoms with Gasteiger partial charge in [-0.15, -0.1) is 0 Å². The van der Waals surface area contributed by atoms with E-state index in [9.17, 15) is 9.59 Å². The second-order valence-electron chi connectivity index (χ2n) is 7.96. The summed E-state index contributed by atoms with van der Waals surface area (Å²) in [7, 11) is 1.82. The predicted octanol–water partition coefficient (Wildman–Crippen LogP) is 4.88. The monoisotopic (exact) mass is 433 g/mol. The predicted molar refractivity (Wildman–Crippen MR) is 125 cm³/mol. The van der Waals surface area contributed by atoms with Crippen molar-refractivity contribution in [2.24, 2.45) is 0 Å². The number of hydrogen-bond acceptors (Lipinski definition) is 5. The van der Waals surface area contributed by atoms with Gasteiger partial charge in [0.2, 0.25) is 0 Å². The number of rotatable bonds is 6. The molecule has 1 aliphatic rings. The molecule has 2 aromatic rings. The number of likely N-dealkylation sites (N-methyl/N-ethyl adjacent to an activating group) is 1. The maximum absolute atomic E-state index is 13.9. The van der Waals surface area contributed by atoms with E-state index in [1.54, 1.807) is 13.8 Å². The van der Waals surface area contributed by atoms with E-state index in [0.29, 0.717) is 17.0 Å². The van der Waals surface area contributed by atoms with E-state index in [1.165, 1.54) is 0 Å². The standard InChI is InChI=1S/C27H31NO4/c1-7-31-25(29)23-19(4)28(6)20(5)27(26(30)32-8-2,22-16-14-18(3)15-17-22)24(23)21-12-10-9-11-13-21/h9-17,24H,5,7-8H2,1-4,6H3/t24-,27-/m1/s1. The van der Waals surface area contributed by atoms with Crippen LogP contribution in [0.3, 0.4) is 0 Å². The van der Waals surface area contributed by atoms with Crippen LogP contribution in [0.5, 0.6) is 0 Å². The number of allylic oxidation sites excluding steroid dienone is 1. The fourth-order valence-electron chi connectivity index (χ4n) is 4.52. The summed E-state index contributed by atoms with van der Waals surface area (Å²) in [6.45, 7) is 12.2. The maximum Gasteiger partial charge on any atom is 0.336 e. The highest BCUT2D eigenvalue weighted by Gasteiger charge is 2.58. The van der Waals surface area contributed by atoms with Gasteiger partial charge in [0.05, 0.1) is 18.8 Å². The molecule has 2 atom stereocenters. The summed E-state index contributed by atoms with van der Waals surface area (Å²) < 4.78 is 11.1. The van der Waals surface area contributed by atoms with E-state index in [2.05, 4.69) is 6.58 Å². The molecule has 1 aliphatic heterocycles. The van der Waals surface area contributed by atoms with Crippen LogP contribution in [-0.2, 0) is 24.5 Å². The van der Waals surface area contributed by atoms with Gasteiger partial charge in [-0.25, -0.2) is 4.79 Å². The van der Waals surface area contributed by atoms with Crippen LogP contribution in [-0.4, -0.2) is 37.1 Å². The molecular formula is C27H31NO4. The molecule has 0 radical (unpaired) electrons. The van der Waals surface area contributed by atoms with Gasteiger partial charge in [0.25, 0.3) is 0 Å². The molecule has 0 unspecified atom stereocenters. The van der Waals surface area contributed by atoms with Gasteiger partial charge in [0.1, 0.15) is 5.41 Å². The fraction of sp³-hybridized carbons (Fsp3) is 0.333. The van der Waals surface area contributed by atoms with Crippen molar-refractivity contribution >= 4 is 11.9 Å². The van der Waals surface area contributed by atoms with Crippen molar-refractivity contribution in [1.82, 2.24) is 4.90 Å². The first-order valence-electron chi connectivity index (χ1n) is 10.9. The molecule has 5 heteroatoms. The lowest BCUT2D eigenvalue weighted by molar-refractivity contribution is -0.150. The van der Waals surface area contributed by atoms with Gasteiger partial charge in [-0.05, 0) is 38.8 Å². The Morgan fingerprint density at radius 1 is 0.969 bits per heavy atom. The number of nitrogens with zero attached hydrogens (tertiary/aromatic N) is 1. The smallest absolute Gasteiger partial charge is 0.336 e. The molecule has 0 amide bonds. The minimum atomic E-state index is -1.33. The van der Waals surface area contributed by atoms with Crippen LogP contribution in [0.25, 0.3) is 0 Å². The largest absolute Gasteiger partial charge is 0.465 e. The number of esters is 2. The van der Waals surface area contributed by atoms with E-state index < -0.39 is 23.3 Å². The van der Waals surface area contributed by atoms with Crippen molar-refractivity contribution in [2.75, 3.05) is 20.3 Å². The van der Waals surface area contributed by atoms with E-state index in [0.717, 1.165) is 16.7 Å². The first kappa shape index (κ1) is 23.3. The molecule has 0 bridgehead atoms. The van der Waals surface area contributed by atoms with Crippen LogP contribution in [0.1, 0.15) is 43.4 Å². The van der Waals surface area contributed by atoms with E-state index in [-0.39, 0.29) is 13.2 Å². The lowest BCUT2D eigenvalue weighted by Crippen LogP contribution is -2.53. The molecular weight excluding hydrogens is 402 g/mol. The lowest BCUT2D eigenvalue weighted by Gasteiger charge is -2.48. The summed E-state index contributed by atoms with van der Waals surface area (Å²) >= 11 is 0. The third kappa shape index (κ3) is 3.72. The molecule has 0 N–H and O–H groups in total. The van der Waals surface area contributed by atoms with Crippen LogP contribution >= 0.6 is 0 Å². The number of ether oxygens (including phenoxy) is 2. The Morgan fingerprint density at radius 2 is 1.56 bits per heavy atom. The van der Waals surface area contributed by atoms with Crippen molar-refractivity contribution in [3.63, 3.8) is 0 Å². The van der Waals surface area contributed by atoms with Crippen molar-refractivity contribution in [3.05, 3.63) is 94.8 Å². The third-order valence-corrected chi connectivity index (χ3v) is 6.21. The molecule has 5 nitrogen and oxygen atoms in total. The number of carbonyl (C=O) groups is 2. The fourth-order valence-corrected chi connectivity index (χ4v) is 4.52. The first-order valence-corrected chi connectivity index (χ1v) is 10.9. The quantitative estimate of drug-likeness (QED) is 0.608. The van der Waals surface area contributed by atoms with Gasteiger partial charge in [0, 0.05) is 24.4 Å². The summed E-state index contributed by atoms with van der Waals surface area (Å²) in [6.07, 6.45) is 0. The van der Waals surface area contributed by atoms with Gasteiger partial charge in [-0.2, -0.15) is 0 Å². The zero-order valence-electron chi connectivity index (χ0n) is 19.5. The van der Waals surface area contributed by atoms with Gasteiger partial charge in [0.15, 0.2) is 0 Å². The summed E-state index contributed by atoms with van der Waals surface area (Å²) in [4.78, 5) is 29.0. The van der Waals surface area contributed by atoms with Crippen LogP contribution < -0.4 is 0 Å². The Bertz CT molecular complexity index is 1040. The Kier molecular flexibility index (Phi) is 6.87. The molecule has 0 saturated carbocycles. The molecule has 1 heterocycles. The van der Waals surface area contributed by atoms with Gasteiger partial charge in [-0.3, -0.25) is 4.79 Å². The molecule has 0 spiro atoms. The Hall–Kier alpha value is -3.34. The topological polar surface area (TPSA) is 55.8 Å².